The van der Waals surface area contributed by atoms with Gasteiger partial charge in [0, 0.05) is 5.33 Å². The SMILES string of the molecule is FC(F)(F)c1cc(CBr)ccc1-n1nnc2ccccc21. The van der Waals surface area contributed by atoms with Crippen LogP contribution in [0.15, 0.2) is 42.5 Å². The van der Waals surface area contributed by atoms with Crippen LogP contribution in [0.2, 0.25) is 0 Å². The molecule has 0 N–H and O–H groups in total. The third-order valence-corrected chi connectivity index (χ3v) is 3.75. The maximum absolute atomic E-state index is 13.3. The summed E-state index contributed by atoms with van der Waals surface area (Å²) in [6.07, 6.45) is -4.46. The lowest BCUT2D eigenvalue weighted by atomic mass is 10.1. The molecule has 0 aliphatic rings. The Balaban J connectivity index is 2.27. The maximum atomic E-state index is 13.3. The van der Waals surface area contributed by atoms with E-state index in [1.54, 1.807) is 30.3 Å². The molecule has 0 fully saturated rings. The summed E-state index contributed by atoms with van der Waals surface area (Å²) in [5.74, 6) is 0. The Bertz CT molecular complexity index is 796. The second-order valence-electron chi connectivity index (χ2n) is 4.47. The number of alkyl halides is 4. The number of rotatable bonds is 2. The van der Waals surface area contributed by atoms with E-state index < -0.39 is 11.7 Å². The zero-order valence-electron chi connectivity index (χ0n) is 10.6. The summed E-state index contributed by atoms with van der Waals surface area (Å²) in [5.41, 5.74) is 0.885. The molecule has 3 aromatic rings. The lowest BCUT2D eigenvalue weighted by Crippen LogP contribution is -2.12. The van der Waals surface area contributed by atoms with Gasteiger partial charge in [-0.25, -0.2) is 4.68 Å². The average Bonchev–Trinajstić information content (AvgIpc) is 2.89. The first-order valence-electron chi connectivity index (χ1n) is 6.07. The van der Waals surface area contributed by atoms with Gasteiger partial charge in [-0.1, -0.05) is 39.3 Å². The predicted octanol–water partition coefficient (Wildman–Crippen LogP) is 4.33. The van der Waals surface area contributed by atoms with Crippen molar-refractivity contribution in [1.82, 2.24) is 15.0 Å². The summed E-state index contributed by atoms with van der Waals surface area (Å²) < 4.78 is 41.1. The van der Waals surface area contributed by atoms with Gasteiger partial charge in [-0.3, -0.25) is 0 Å². The van der Waals surface area contributed by atoms with Gasteiger partial charge in [-0.2, -0.15) is 13.2 Å². The molecule has 0 amide bonds. The largest absolute Gasteiger partial charge is 0.418 e. The van der Waals surface area contributed by atoms with Gasteiger partial charge < -0.3 is 0 Å². The van der Waals surface area contributed by atoms with E-state index in [1.165, 1.54) is 10.7 Å². The Morgan fingerprint density at radius 2 is 1.86 bits per heavy atom. The van der Waals surface area contributed by atoms with Crippen LogP contribution in [0.5, 0.6) is 0 Å². The zero-order valence-corrected chi connectivity index (χ0v) is 12.2. The van der Waals surface area contributed by atoms with Gasteiger partial charge in [0.05, 0.1) is 16.8 Å². The van der Waals surface area contributed by atoms with Crippen molar-refractivity contribution >= 4 is 27.0 Å². The van der Waals surface area contributed by atoms with E-state index in [9.17, 15) is 13.2 Å². The smallest absolute Gasteiger partial charge is 0.212 e. The molecule has 0 aliphatic carbocycles. The lowest BCUT2D eigenvalue weighted by molar-refractivity contribution is -0.137. The summed E-state index contributed by atoms with van der Waals surface area (Å²) in [6.45, 7) is 0. The summed E-state index contributed by atoms with van der Waals surface area (Å²) >= 11 is 3.17. The van der Waals surface area contributed by atoms with Crippen molar-refractivity contribution in [2.24, 2.45) is 0 Å². The zero-order chi connectivity index (χ0) is 15.0. The average molecular weight is 356 g/mol. The molecule has 0 saturated heterocycles. The van der Waals surface area contributed by atoms with Crippen molar-refractivity contribution in [3.63, 3.8) is 0 Å². The number of halogens is 4. The fourth-order valence-corrected chi connectivity index (χ4v) is 2.47. The molecule has 7 heteroatoms. The summed E-state index contributed by atoms with van der Waals surface area (Å²) in [5, 5.41) is 8.10. The molecule has 3 nitrogen and oxygen atoms in total. The number of hydrogen-bond donors (Lipinski definition) is 0. The summed E-state index contributed by atoms with van der Waals surface area (Å²) in [6, 6.07) is 11.1. The molecule has 0 unspecified atom stereocenters. The Morgan fingerprint density at radius 1 is 1.10 bits per heavy atom. The van der Waals surface area contributed by atoms with Crippen LogP contribution >= 0.6 is 15.9 Å². The van der Waals surface area contributed by atoms with E-state index in [1.807, 2.05) is 0 Å². The van der Waals surface area contributed by atoms with Gasteiger partial charge in [0.15, 0.2) is 0 Å². The normalized spacial score (nSPS) is 12.0. The highest BCUT2D eigenvalue weighted by atomic mass is 79.9. The number of fused-ring (bicyclic) bond motifs is 1. The van der Waals surface area contributed by atoms with Crippen molar-refractivity contribution in [3.05, 3.63) is 53.6 Å². The Hall–Kier alpha value is -1.89. The number of hydrogen-bond acceptors (Lipinski definition) is 2. The number of aromatic nitrogens is 3. The molecule has 1 aromatic heterocycles. The van der Waals surface area contributed by atoms with Gasteiger partial charge in [-0.15, -0.1) is 5.10 Å². The third-order valence-electron chi connectivity index (χ3n) is 3.10. The van der Waals surface area contributed by atoms with Crippen LogP contribution in [0.3, 0.4) is 0 Å². The van der Waals surface area contributed by atoms with E-state index in [2.05, 4.69) is 26.2 Å². The first-order valence-corrected chi connectivity index (χ1v) is 7.20. The molecule has 0 saturated carbocycles. The van der Waals surface area contributed by atoms with Crippen molar-refractivity contribution in [2.45, 2.75) is 11.5 Å². The molecule has 0 atom stereocenters. The molecule has 108 valence electrons. The molecule has 1 heterocycles. The van der Waals surface area contributed by atoms with Crippen LogP contribution in [0.1, 0.15) is 11.1 Å². The first-order chi connectivity index (χ1) is 10.0. The van der Waals surface area contributed by atoms with E-state index in [-0.39, 0.29) is 5.69 Å². The standard InChI is InChI=1S/C14H9BrF3N3/c15-8-9-5-6-12(10(7-9)14(16,17)18)21-13-4-2-1-3-11(13)19-20-21/h1-7H,8H2. The second kappa shape index (κ2) is 5.14. The molecular weight excluding hydrogens is 347 g/mol. The van der Waals surface area contributed by atoms with Crippen LogP contribution in [-0.2, 0) is 11.5 Å². The summed E-state index contributed by atoms with van der Waals surface area (Å²) in [4.78, 5) is 0. The molecule has 21 heavy (non-hydrogen) atoms. The highest BCUT2D eigenvalue weighted by Gasteiger charge is 2.34. The quantitative estimate of drug-likeness (QED) is 0.640. The Morgan fingerprint density at radius 3 is 2.57 bits per heavy atom. The van der Waals surface area contributed by atoms with Crippen molar-refractivity contribution in [2.75, 3.05) is 0 Å². The van der Waals surface area contributed by atoms with Crippen molar-refractivity contribution in [3.8, 4) is 5.69 Å². The Labute approximate surface area is 126 Å². The number of benzene rings is 2. The van der Waals surface area contributed by atoms with Crippen molar-refractivity contribution < 1.29 is 13.2 Å². The van der Waals surface area contributed by atoms with E-state index >= 15 is 0 Å². The topological polar surface area (TPSA) is 30.7 Å². The van der Waals surface area contributed by atoms with Crippen molar-refractivity contribution in [1.29, 1.82) is 0 Å². The molecule has 3 rings (SSSR count). The van der Waals surface area contributed by atoms with Crippen LogP contribution in [0.4, 0.5) is 13.2 Å². The first kappa shape index (κ1) is 14.1. The minimum Gasteiger partial charge on any atom is -0.212 e. The van der Waals surface area contributed by atoms with Crippen LogP contribution in [0.25, 0.3) is 16.7 Å². The highest BCUT2D eigenvalue weighted by Crippen LogP contribution is 2.35. The predicted molar refractivity (Wildman–Crippen MR) is 76.5 cm³/mol. The third kappa shape index (κ3) is 2.53. The lowest BCUT2D eigenvalue weighted by Gasteiger charge is -2.14. The number of nitrogens with zero attached hydrogens (tertiary/aromatic N) is 3. The van der Waals surface area contributed by atoms with E-state index in [0.717, 1.165) is 6.07 Å². The highest BCUT2D eigenvalue weighted by molar-refractivity contribution is 9.08. The Kier molecular flexibility index (Phi) is 3.44. The second-order valence-corrected chi connectivity index (χ2v) is 5.03. The molecule has 2 aromatic carbocycles. The fourth-order valence-electron chi connectivity index (χ4n) is 2.12. The maximum Gasteiger partial charge on any atom is 0.418 e. The van der Waals surface area contributed by atoms with Crippen LogP contribution in [0, 0.1) is 0 Å². The van der Waals surface area contributed by atoms with Crippen LogP contribution in [-0.4, -0.2) is 15.0 Å². The monoisotopic (exact) mass is 355 g/mol. The van der Waals surface area contributed by atoms with Gasteiger partial charge in [0.2, 0.25) is 0 Å². The minimum atomic E-state index is -4.46. The molecule has 0 spiro atoms. The number of para-hydroxylation sites is 1. The molecule has 0 bridgehead atoms. The fraction of sp³-hybridized carbons (Fsp3) is 0.143. The summed E-state index contributed by atoms with van der Waals surface area (Å²) in [7, 11) is 0. The minimum absolute atomic E-state index is 0.0269. The van der Waals surface area contributed by atoms with Crippen LogP contribution < -0.4 is 0 Å². The van der Waals surface area contributed by atoms with Gasteiger partial charge in [0.25, 0.3) is 0 Å². The van der Waals surface area contributed by atoms with Gasteiger partial charge in [-0.05, 0) is 29.8 Å². The van der Waals surface area contributed by atoms with E-state index in [0.29, 0.717) is 21.9 Å². The van der Waals surface area contributed by atoms with E-state index in [4.69, 9.17) is 0 Å². The van der Waals surface area contributed by atoms with Gasteiger partial charge >= 0.3 is 6.18 Å². The molecular formula is C14H9BrF3N3. The molecule has 0 radical (unpaired) electrons. The van der Waals surface area contributed by atoms with Gasteiger partial charge in [0.1, 0.15) is 5.52 Å². The molecule has 0 aliphatic heterocycles.